The van der Waals surface area contributed by atoms with Crippen LogP contribution in [-0.2, 0) is 16.1 Å². The zero-order valence-electron chi connectivity index (χ0n) is 16.0. The van der Waals surface area contributed by atoms with Gasteiger partial charge in [-0.1, -0.05) is 35.9 Å². The molecule has 1 aromatic heterocycles. The van der Waals surface area contributed by atoms with Crippen molar-refractivity contribution in [2.45, 2.75) is 6.54 Å². The summed E-state index contributed by atoms with van der Waals surface area (Å²) in [5.74, 6) is 0.328. The molecule has 0 aliphatic heterocycles. The number of para-hydroxylation sites is 1. The van der Waals surface area contributed by atoms with Crippen LogP contribution in [0.5, 0.6) is 0 Å². The number of hydrogen-bond donors (Lipinski definition) is 1. The van der Waals surface area contributed by atoms with E-state index in [1.807, 2.05) is 36.4 Å². The van der Waals surface area contributed by atoms with Crippen molar-refractivity contribution in [3.63, 3.8) is 0 Å². The molecule has 3 aromatic rings. The van der Waals surface area contributed by atoms with Crippen LogP contribution in [0, 0.1) is 0 Å². The standard InChI is InChI=1S/C22H22ClN3O3/c1-25(15-21(27)24-18-8-5-7-17(23)13-18)16-22(28)26(14-20-11-6-12-29-20)19-9-3-2-4-10-19/h2-13H,14-16H2,1H3,(H,24,27). The molecule has 29 heavy (non-hydrogen) atoms. The number of furan rings is 1. The predicted molar refractivity (Wildman–Crippen MR) is 114 cm³/mol. The number of benzene rings is 2. The van der Waals surface area contributed by atoms with Crippen molar-refractivity contribution in [3.8, 4) is 0 Å². The summed E-state index contributed by atoms with van der Waals surface area (Å²) >= 11 is 5.93. The minimum absolute atomic E-state index is 0.0711. The van der Waals surface area contributed by atoms with Crippen molar-refractivity contribution in [1.82, 2.24) is 4.90 Å². The van der Waals surface area contributed by atoms with Crippen LogP contribution in [0.15, 0.2) is 77.4 Å². The molecule has 0 saturated heterocycles. The number of likely N-dealkylation sites (N-methyl/N-ethyl adjacent to an activating group) is 1. The summed E-state index contributed by atoms with van der Waals surface area (Å²) < 4.78 is 5.40. The zero-order valence-corrected chi connectivity index (χ0v) is 16.8. The van der Waals surface area contributed by atoms with Gasteiger partial charge in [0.25, 0.3) is 0 Å². The number of hydrogen-bond acceptors (Lipinski definition) is 4. The van der Waals surface area contributed by atoms with E-state index in [-0.39, 0.29) is 24.9 Å². The van der Waals surface area contributed by atoms with E-state index in [2.05, 4.69) is 5.32 Å². The zero-order chi connectivity index (χ0) is 20.6. The number of nitrogens with one attached hydrogen (secondary N) is 1. The van der Waals surface area contributed by atoms with E-state index in [4.69, 9.17) is 16.0 Å². The number of nitrogens with zero attached hydrogens (tertiary/aromatic N) is 2. The fraction of sp³-hybridized carbons (Fsp3) is 0.182. The van der Waals surface area contributed by atoms with Gasteiger partial charge in [-0.2, -0.15) is 0 Å². The van der Waals surface area contributed by atoms with Crippen LogP contribution in [0.3, 0.4) is 0 Å². The molecular weight excluding hydrogens is 390 g/mol. The van der Waals surface area contributed by atoms with Gasteiger partial charge in [0.1, 0.15) is 5.76 Å². The summed E-state index contributed by atoms with van der Waals surface area (Å²) in [6.45, 7) is 0.471. The highest BCUT2D eigenvalue weighted by Gasteiger charge is 2.20. The monoisotopic (exact) mass is 411 g/mol. The second-order valence-corrected chi connectivity index (χ2v) is 7.06. The van der Waals surface area contributed by atoms with Gasteiger partial charge in [-0.3, -0.25) is 14.5 Å². The van der Waals surface area contributed by atoms with Crippen molar-refractivity contribution >= 4 is 34.8 Å². The van der Waals surface area contributed by atoms with E-state index in [9.17, 15) is 9.59 Å². The summed E-state index contributed by atoms with van der Waals surface area (Å²) in [4.78, 5) is 28.5. The molecule has 0 saturated carbocycles. The summed E-state index contributed by atoms with van der Waals surface area (Å²) in [6.07, 6.45) is 1.58. The van der Waals surface area contributed by atoms with Gasteiger partial charge in [0.05, 0.1) is 25.9 Å². The van der Waals surface area contributed by atoms with E-state index in [0.717, 1.165) is 5.69 Å². The summed E-state index contributed by atoms with van der Waals surface area (Å²) in [7, 11) is 1.73. The second kappa shape index (κ2) is 9.91. The largest absolute Gasteiger partial charge is 0.467 e. The second-order valence-electron chi connectivity index (χ2n) is 6.63. The van der Waals surface area contributed by atoms with Gasteiger partial charge in [-0.15, -0.1) is 0 Å². The average Bonchev–Trinajstić information content (AvgIpc) is 3.19. The first-order valence-corrected chi connectivity index (χ1v) is 9.51. The maximum absolute atomic E-state index is 13.0. The lowest BCUT2D eigenvalue weighted by atomic mass is 10.2. The molecule has 0 spiro atoms. The minimum Gasteiger partial charge on any atom is -0.467 e. The third kappa shape index (κ3) is 6.20. The van der Waals surface area contributed by atoms with Crippen molar-refractivity contribution < 1.29 is 14.0 Å². The van der Waals surface area contributed by atoms with Gasteiger partial charge in [0.15, 0.2) is 0 Å². The van der Waals surface area contributed by atoms with E-state index in [1.165, 1.54) is 0 Å². The summed E-state index contributed by atoms with van der Waals surface area (Å²) in [5, 5.41) is 3.32. The highest BCUT2D eigenvalue weighted by Crippen LogP contribution is 2.18. The summed E-state index contributed by atoms with van der Waals surface area (Å²) in [5.41, 5.74) is 1.39. The molecule has 1 N–H and O–H groups in total. The number of halogens is 1. The average molecular weight is 412 g/mol. The lowest BCUT2D eigenvalue weighted by Crippen LogP contribution is -2.41. The van der Waals surface area contributed by atoms with Crippen LogP contribution in [-0.4, -0.2) is 36.9 Å². The van der Waals surface area contributed by atoms with Gasteiger partial charge >= 0.3 is 0 Å². The van der Waals surface area contributed by atoms with Gasteiger partial charge < -0.3 is 14.6 Å². The normalized spacial score (nSPS) is 10.7. The third-order valence-electron chi connectivity index (χ3n) is 4.19. The molecule has 0 unspecified atom stereocenters. The van der Waals surface area contributed by atoms with Crippen LogP contribution in [0.4, 0.5) is 11.4 Å². The van der Waals surface area contributed by atoms with Crippen molar-refractivity contribution in [3.05, 3.63) is 83.8 Å². The fourth-order valence-corrected chi connectivity index (χ4v) is 3.06. The SMILES string of the molecule is CN(CC(=O)Nc1cccc(Cl)c1)CC(=O)N(Cc1ccco1)c1ccccc1. The molecule has 0 radical (unpaired) electrons. The van der Waals surface area contributed by atoms with Gasteiger partial charge in [0.2, 0.25) is 11.8 Å². The first kappa shape index (κ1) is 20.6. The number of carbonyl (C=O) groups excluding carboxylic acids is 2. The third-order valence-corrected chi connectivity index (χ3v) is 4.43. The minimum atomic E-state index is -0.222. The first-order chi connectivity index (χ1) is 14.0. The van der Waals surface area contributed by atoms with Gasteiger partial charge in [0, 0.05) is 16.4 Å². The van der Waals surface area contributed by atoms with E-state index < -0.39 is 0 Å². The van der Waals surface area contributed by atoms with Crippen molar-refractivity contribution in [2.75, 3.05) is 30.4 Å². The van der Waals surface area contributed by atoms with Crippen LogP contribution in [0.25, 0.3) is 0 Å². The molecule has 7 heteroatoms. The Balaban J connectivity index is 1.61. The maximum Gasteiger partial charge on any atom is 0.241 e. The van der Waals surface area contributed by atoms with Crippen LogP contribution >= 0.6 is 11.6 Å². The number of anilines is 2. The Morgan fingerprint density at radius 3 is 2.48 bits per heavy atom. The van der Waals surface area contributed by atoms with Crippen molar-refractivity contribution in [1.29, 1.82) is 0 Å². The summed E-state index contributed by atoms with van der Waals surface area (Å²) in [6, 6.07) is 19.9. The number of rotatable bonds is 8. The van der Waals surface area contributed by atoms with Crippen LogP contribution < -0.4 is 10.2 Å². The molecule has 0 bridgehead atoms. The van der Waals surface area contributed by atoms with E-state index in [0.29, 0.717) is 23.0 Å². The molecule has 150 valence electrons. The lowest BCUT2D eigenvalue weighted by molar-refractivity contribution is -0.121. The smallest absolute Gasteiger partial charge is 0.241 e. The highest BCUT2D eigenvalue weighted by atomic mass is 35.5. The van der Waals surface area contributed by atoms with E-state index >= 15 is 0 Å². The molecule has 0 fully saturated rings. The fourth-order valence-electron chi connectivity index (χ4n) is 2.87. The molecule has 2 amide bonds. The number of amides is 2. The molecule has 1 heterocycles. The molecule has 3 rings (SSSR count). The molecule has 6 nitrogen and oxygen atoms in total. The Hall–Kier alpha value is -3.09. The Kier molecular flexibility index (Phi) is 7.05. The Bertz CT molecular complexity index is 945. The first-order valence-electron chi connectivity index (χ1n) is 9.13. The lowest BCUT2D eigenvalue weighted by Gasteiger charge is -2.25. The van der Waals surface area contributed by atoms with Crippen LogP contribution in [0.1, 0.15) is 5.76 Å². The highest BCUT2D eigenvalue weighted by molar-refractivity contribution is 6.30. The molecule has 0 aliphatic carbocycles. The Morgan fingerprint density at radius 2 is 1.79 bits per heavy atom. The number of carbonyl (C=O) groups is 2. The molecule has 0 aliphatic rings. The van der Waals surface area contributed by atoms with E-state index in [1.54, 1.807) is 53.4 Å². The molecule has 0 atom stereocenters. The van der Waals surface area contributed by atoms with Crippen LogP contribution in [0.2, 0.25) is 5.02 Å². The Morgan fingerprint density at radius 1 is 1.00 bits per heavy atom. The van der Waals surface area contributed by atoms with Gasteiger partial charge in [-0.25, -0.2) is 0 Å². The predicted octanol–water partition coefficient (Wildman–Crippen LogP) is 4.04. The molecular formula is C22H22ClN3O3. The molecule has 2 aromatic carbocycles. The van der Waals surface area contributed by atoms with Crippen molar-refractivity contribution in [2.24, 2.45) is 0 Å². The Labute approximate surface area is 174 Å². The quantitative estimate of drug-likeness (QED) is 0.607. The van der Waals surface area contributed by atoms with Gasteiger partial charge in [-0.05, 0) is 49.5 Å². The maximum atomic E-state index is 13.0. The topological polar surface area (TPSA) is 65.8 Å².